The van der Waals surface area contributed by atoms with Crippen LogP contribution in [0.15, 0.2) is 59.4 Å². The molecule has 5 rings (SSSR count). The third kappa shape index (κ3) is 4.05. The van der Waals surface area contributed by atoms with Crippen LogP contribution in [0.5, 0.6) is 0 Å². The summed E-state index contributed by atoms with van der Waals surface area (Å²) in [6, 6.07) is 17.2. The van der Waals surface area contributed by atoms with Crippen molar-refractivity contribution in [2.45, 2.75) is 33.6 Å². The number of nitrogens with zero attached hydrogens (tertiary/aromatic N) is 4. The van der Waals surface area contributed by atoms with E-state index < -0.39 is 0 Å². The minimum atomic E-state index is -0.279. The average molecular weight is 453 g/mol. The molecular weight excluding hydrogens is 428 g/mol. The van der Waals surface area contributed by atoms with Crippen molar-refractivity contribution >= 4 is 33.7 Å². The van der Waals surface area contributed by atoms with Crippen molar-refractivity contribution in [3.8, 4) is 5.82 Å². The van der Waals surface area contributed by atoms with E-state index >= 15 is 0 Å². The zero-order valence-electron chi connectivity index (χ0n) is 19.2. The van der Waals surface area contributed by atoms with Crippen molar-refractivity contribution in [1.29, 1.82) is 0 Å². The van der Waals surface area contributed by atoms with Crippen molar-refractivity contribution in [3.63, 3.8) is 0 Å². The smallest absolute Gasteiger partial charge is 0.270 e. The highest BCUT2D eigenvalue weighted by molar-refractivity contribution is 5.90. The van der Waals surface area contributed by atoms with Crippen LogP contribution in [-0.2, 0) is 11.2 Å². The maximum atomic E-state index is 12.8. The number of hydrogen-bond donors (Lipinski definition) is 2. The number of fused-ring (bicyclic) bond motifs is 2. The van der Waals surface area contributed by atoms with Crippen LogP contribution in [0.3, 0.4) is 0 Å². The van der Waals surface area contributed by atoms with E-state index in [0.717, 1.165) is 27.7 Å². The maximum absolute atomic E-state index is 12.8. The molecule has 0 bridgehead atoms. The van der Waals surface area contributed by atoms with Gasteiger partial charge in [0.1, 0.15) is 11.5 Å². The molecule has 0 aliphatic rings. The van der Waals surface area contributed by atoms with Gasteiger partial charge in [-0.25, -0.2) is 9.97 Å². The first-order valence-corrected chi connectivity index (χ1v) is 11.1. The maximum Gasteiger partial charge on any atom is 0.270 e. The topological polar surface area (TPSA) is 106 Å². The van der Waals surface area contributed by atoms with Crippen LogP contribution in [0.2, 0.25) is 0 Å². The zero-order valence-corrected chi connectivity index (χ0v) is 19.2. The summed E-state index contributed by atoms with van der Waals surface area (Å²) >= 11 is 0. The normalized spacial score (nSPS) is 11.3. The van der Waals surface area contributed by atoms with E-state index in [9.17, 15) is 9.59 Å². The fraction of sp³-hybridized carbons (Fsp3) is 0.192. The molecule has 0 aliphatic heterocycles. The lowest BCUT2D eigenvalue weighted by atomic mass is 10.1. The van der Waals surface area contributed by atoms with E-state index in [2.05, 4.69) is 20.4 Å². The molecule has 8 heteroatoms. The van der Waals surface area contributed by atoms with Gasteiger partial charge in [0.05, 0.1) is 22.2 Å². The number of aromatic amines is 1. The minimum Gasteiger partial charge on any atom is -0.319 e. The molecule has 0 unspecified atom stereocenters. The Kier molecular flexibility index (Phi) is 5.41. The Labute approximate surface area is 195 Å². The van der Waals surface area contributed by atoms with Crippen LogP contribution in [0.1, 0.15) is 28.9 Å². The molecule has 0 radical (unpaired) electrons. The molecule has 0 atom stereocenters. The van der Waals surface area contributed by atoms with Crippen molar-refractivity contribution in [2.75, 3.05) is 5.32 Å². The number of benzene rings is 2. The molecule has 170 valence electrons. The summed E-state index contributed by atoms with van der Waals surface area (Å²) in [6.07, 6.45) is 0.341. The van der Waals surface area contributed by atoms with Gasteiger partial charge in [-0.1, -0.05) is 30.3 Å². The Bertz CT molecular complexity index is 1620. The number of hydrogen-bond acceptors (Lipinski definition) is 5. The lowest BCUT2D eigenvalue weighted by Gasteiger charge is -2.11. The first-order valence-electron chi connectivity index (χ1n) is 11.1. The van der Waals surface area contributed by atoms with Gasteiger partial charge >= 0.3 is 0 Å². The summed E-state index contributed by atoms with van der Waals surface area (Å²) in [5, 5.41) is 8.56. The van der Waals surface area contributed by atoms with Gasteiger partial charge in [0.25, 0.3) is 5.56 Å². The van der Waals surface area contributed by atoms with E-state index in [4.69, 9.17) is 4.98 Å². The van der Waals surface area contributed by atoms with Gasteiger partial charge < -0.3 is 10.3 Å². The number of H-pyrrole nitrogens is 1. The molecule has 1 amide bonds. The highest BCUT2D eigenvalue weighted by Gasteiger charge is 2.15. The number of rotatable bonds is 5. The lowest BCUT2D eigenvalue weighted by molar-refractivity contribution is -0.116. The van der Waals surface area contributed by atoms with Gasteiger partial charge in [-0.05, 0) is 50.1 Å². The van der Waals surface area contributed by atoms with Gasteiger partial charge in [0.15, 0.2) is 5.82 Å². The highest BCUT2D eigenvalue weighted by atomic mass is 16.1. The van der Waals surface area contributed by atoms with E-state index in [1.54, 1.807) is 16.8 Å². The van der Waals surface area contributed by atoms with Crippen LogP contribution in [0.25, 0.3) is 27.8 Å². The monoisotopic (exact) mass is 452 g/mol. The Morgan fingerprint density at radius 1 is 1.00 bits per heavy atom. The van der Waals surface area contributed by atoms with E-state index in [-0.39, 0.29) is 24.3 Å². The largest absolute Gasteiger partial charge is 0.319 e. The van der Waals surface area contributed by atoms with E-state index in [1.807, 2.05) is 63.2 Å². The predicted octanol–water partition coefficient (Wildman–Crippen LogP) is 4.15. The van der Waals surface area contributed by atoms with Gasteiger partial charge in [-0.2, -0.15) is 9.78 Å². The number of para-hydroxylation sites is 3. The van der Waals surface area contributed by atoms with Crippen molar-refractivity contribution in [3.05, 3.63) is 87.5 Å². The molecule has 3 heterocycles. The number of pyridine rings is 1. The first-order chi connectivity index (χ1) is 16.4. The molecule has 0 saturated heterocycles. The molecule has 3 aromatic heterocycles. The number of aromatic nitrogens is 5. The van der Waals surface area contributed by atoms with Gasteiger partial charge in [-0.15, -0.1) is 0 Å². The van der Waals surface area contributed by atoms with E-state index in [1.165, 1.54) is 0 Å². The third-order valence-electron chi connectivity index (χ3n) is 5.81. The Balaban J connectivity index is 1.39. The zero-order chi connectivity index (χ0) is 23.8. The third-order valence-corrected chi connectivity index (χ3v) is 5.81. The summed E-state index contributed by atoms with van der Waals surface area (Å²) in [5.74, 6) is 0.933. The van der Waals surface area contributed by atoms with Gasteiger partial charge in [-0.3, -0.25) is 9.59 Å². The van der Waals surface area contributed by atoms with Crippen molar-refractivity contribution in [1.82, 2.24) is 24.7 Å². The van der Waals surface area contributed by atoms with Crippen LogP contribution >= 0.6 is 0 Å². The number of amides is 1. The fourth-order valence-corrected chi connectivity index (χ4v) is 4.09. The highest BCUT2D eigenvalue weighted by Crippen LogP contribution is 2.24. The summed E-state index contributed by atoms with van der Waals surface area (Å²) in [7, 11) is 0. The Morgan fingerprint density at radius 3 is 2.68 bits per heavy atom. The molecule has 0 aliphatic carbocycles. The number of nitrogens with one attached hydrogen (secondary N) is 2. The second kappa shape index (κ2) is 8.55. The predicted molar refractivity (Wildman–Crippen MR) is 132 cm³/mol. The molecule has 34 heavy (non-hydrogen) atoms. The van der Waals surface area contributed by atoms with Crippen LogP contribution in [0, 0.1) is 20.8 Å². The van der Waals surface area contributed by atoms with Gasteiger partial charge in [0, 0.05) is 24.3 Å². The fourth-order valence-electron chi connectivity index (χ4n) is 4.09. The number of anilines is 1. The number of carbonyl (C=O) groups is 1. The SMILES string of the molecule is Cc1cc(NC(=O)CCc2nc3ccccc3[nH]c2=O)n(-c2cc(C)c3cccc(C)c3n2)n1. The Morgan fingerprint density at radius 2 is 1.82 bits per heavy atom. The van der Waals surface area contributed by atoms with Crippen molar-refractivity contribution in [2.24, 2.45) is 0 Å². The summed E-state index contributed by atoms with van der Waals surface area (Å²) < 4.78 is 1.65. The van der Waals surface area contributed by atoms with Crippen LogP contribution in [-0.4, -0.2) is 30.6 Å². The summed E-state index contributed by atoms with van der Waals surface area (Å²) in [6.45, 7) is 5.93. The molecule has 2 N–H and O–H groups in total. The molecule has 5 aromatic rings. The second-order valence-corrected chi connectivity index (χ2v) is 8.43. The summed E-state index contributed by atoms with van der Waals surface area (Å²) in [5.41, 5.74) is 5.24. The minimum absolute atomic E-state index is 0.113. The average Bonchev–Trinajstić information content (AvgIpc) is 3.18. The van der Waals surface area contributed by atoms with Crippen molar-refractivity contribution < 1.29 is 4.79 Å². The molecule has 0 saturated carbocycles. The number of aryl methyl sites for hydroxylation is 4. The quantitative estimate of drug-likeness (QED) is 0.417. The van der Waals surface area contributed by atoms with Crippen LogP contribution < -0.4 is 10.9 Å². The summed E-state index contributed by atoms with van der Waals surface area (Å²) in [4.78, 5) is 37.2. The molecular formula is C26H24N6O2. The lowest BCUT2D eigenvalue weighted by Crippen LogP contribution is -2.20. The molecule has 2 aromatic carbocycles. The second-order valence-electron chi connectivity index (χ2n) is 8.43. The standard InChI is InChI=1S/C26H24N6O2/c1-15-7-6-8-18-16(2)13-22(30-25(15)18)32-23(14-17(3)31-32)29-24(33)12-11-21-26(34)28-20-10-5-4-9-19(20)27-21/h4-10,13-14H,11-12H2,1-3H3,(H,28,34)(H,29,33). The molecule has 0 fully saturated rings. The first kappa shape index (κ1) is 21.5. The Hall–Kier alpha value is -4.33. The molecule has 0 spiro atoms. The van der Waals surface area contributed by atoms with Gasteiger partial charge in [0.2, 0.25) is 5.91 Å². The molecule has 8 nitrogen and oxygen atoms in total. The number of carbonyl (C=O) groups excluding carboxylic acids is 1. The van der Waals surface area contributed by atoms with E-state index in [0.29, 0.717) is 28.4 Å². The van der Waals surface area contributed by atoms with Crippen LogP contribution in [0.4, 0.5) is 5.82 Å².